The molecule has 3 rings (SSSR count). The lowest BCUT2D eigenvalue weighted by Crippen LogP contribution is -2.30. The highest BCUT2D eigenvalue weighted by Gasteiger charge is 2.25. The summed E-state index contributed by atoms with van der Waals surface area (Å²) in [6, 6.07) is 12.4. The molecule has 2 aromatic rings. The molecule has 1 unspecified atom stereocenters. The Balaban J connectivity index is 1.51. The second kappa shape index (κ2) is 10.6. The number of rotatable bonds is 9. The highest BCUT2D eigenvalue weighted by Crippen LogP contribution is 2.22. The second-order valence-corrected chi connectivity index (χ2v) is 7.92. The molecular weight excluding hydrogens is 386 g/mol. The van der Waals surface area contributed by atoms with Gasteiger partial charge >= 0.3 is 0 Å². The van der Waals surface area contributed by atoms with Crippen molar-refractivity contribution in [1.82, 2.24) is 15.4 Å². The van der Waals surface area contributed by atoms with Gasteiger partial charge in [-0.3, -0.25) is 9.89 Å². The van der Waals surface area contributed by atoms with Crippen molar-refractivity contribution in [3.05, 3.63) is 59.0 Å². The molecule has 1 saturated heterocycles. The number of nitrogens with two attached hydrogens (primary N) is 1. The fourth-order valence-corrected chi connectivity index (χ4v) is 3.84. The molecule has 1 aromatic heterocycles. The zero-order chi connectivity index (χ0) is 20.6. The van der Waals surface area contributed by atoms with Crippen molar-refractivity contribution in [1.29, 1.82) is 0 Å². The van der Waals surface area contributed by atoms with Gasteiger partial charge in [0.25, 0.3) is 0 Å². The third kappa shape index (κ3) is 6.16. The predicted molar refractivity (Wildman–Crippen MR) is 119 cm³/mol. The SMILES string of the molecule is CN=C(Cl)/C(CN1CCC(CNCCc2ccccc2)C1)=C(\N)c1cc(C)on1. The molecule has 0 spiro atoms. The molecule has 1 aromatic carbocycles. The van der Waals surface area contributed by atoms with E-state index in [9.17, 15) is 0 Å². The van der Waals surface area contributed by atoms with Crippen molar-refractivity contribution in [2.24, 2.45) is 16.6 Å². The normalized spacial score (nSPS) is 18.9. The van der Waals surface area contributed by atoms with Gasteiger partial charge in [-0.2, -0.15) is 0 Å². The highest BCUT2D eigenvalue weighted by atomic mass is 35.5. The van der Waals surface area contributed by atoms with Crippen molar-refractivity contribution in [3.8, 4) is 0 Å². The van der Waals surface area contributed by atoms with E-state index in [0.717, 1.165) is 50.4 Å². The van der Waals surface area contributed by atoms with E-state index in [-0.39, 0.29) is 0 Å². The number of hydrogen-bond acceptors (Lipinski definition) is 6. The number of aliphatic imine (C=N–C) groups is 1. The topological polar surface area (TPSA) is 79.7 Å². The number of halogens is 1. The van der Waals surface area contributed by atoms with Crippen molar-refractivity contribution in [2.75, 3.05) is 39.8 Å². The molecule has 1 aliphatic rings. The van der Waals surface area contributed by atoms with E-state index in [1.165, 1.54) is 5.56 Å². The van der Waals surface area contributed by atoms with Gasteiger partial charge in [0.15, 0.2) is 0 Å². The van der Waals surface area contributed by atoms with Crippen LogP contribution in [0.25, 0.3) is 5.70 Å². The highest BCUT2D eigenvalue weighted by molar-refractivity contribution is 6.70. The smallest absolute Gasteiger partial charge is 0.134 e. The maximum Gasteiger partial charge on any atom is 0.134 e. The van der Waals surface area contributed by atoms with Crippen LogP contribution in [0.5, 0.6) is 0 Å². The van der Waals surface area contributed by atoms with Crippen molar-refractivity contribution in [2.45, 2.75) is 19.8 Å². The van der Waals surface area contributed by atoms with E-state index < -0.39 is 0 Å². The summed E-state index contributed by atoms with van der Waals surface area (Å²) < 4.78 is 5.15. The van der Waals surface area contributed by atoms with Crippen molar-refractivity contribution in [3.63, 3.8) is 0 Å². The first-order valence-electron chi connectivity index (χ1n) is 10.1. The standard InChI is InChI=1S/C22H30ClN5O/c1-16-12-20(27-29-16)21(24)19(22(23)25-2)15-28-11-9-18(14-28)13-26-10-8-17-6-4-3-5-7-17/h3-7,12,18,26H,8-11,13-15,24H2,1-2H3/b21-19-,25-22?. The Labute approximate surface area is 177 Å². The van der Waals surface area contributed by atoms with Crippen LogP contribution in [-0.4, -0.2) is 55.0 Å². The van der Waals surface area contributed by atoms with E-state index in [0.29, 0.717) is 29.0 Å². The van der Waals surface area contributed by atoms with Gasteiger partial charge < -0.3 is 15.6 Å². The zero-order valence-corrected chi connectivity index (χ0v) is 18.0. The van der Waals surface area contributed by atoms with E-state index in [1.54, 1.807) is 7.05 Å². The second-order valence-electron chi connectivity index (χ2n) is 7.56. The lowest BCUT2D eigenvalue weighted by Gasteiger charge is -2.19. The van der Waals surface area contributed by atoms with E-state index in [4.69, 9.17) is 21.9 Å². The monoisotopic (exact) mass is 415 g/mol. The fraction of sp³-hybridized carbons (Fsp3) is 0.455. The number of aryl methyl sites for hydroxylation is 1. The molecule has 0 radical (unpaired) electrons. The molecule has 0 saturated carbocycles. The number of likely N-dealkylation sites (tertiary alicyclic amines) is 1. The number of benzene rings is 1. The van der Waals surface area contributed by atoms with E-state index in [1.807, 2.05) is 13.0 Å². The Bertz CT molecular complexity index is 846. The Morgan fingerprint density at radius 1 is 1.38 bits per heavy atom. The molecule has 3 N–H and O–H groups in total. The fourth-order valence-electron chi connectivity index (χ4n) is 3.67. The van der Waals surface area contributed by atoms with Crippen LogP contribution in [0, 0.1) is 12.8 Å². The van der Waals surface area contributed by atoms with Gasteiger partial charge in [0.1, 0.15) is 16.6 Å². The molecule has 29 heavy (non-hydrogen) atoms. The van der Waals surface area contributed by atoms with Gasteiger partial charge in [-0.1, -0.05) is 47.1 Å². The van der Waals surface area contributed by atoms with Crippen molar-refractivity contribution < 1.29 is 4.52 Å². The summed E-state index contributed by atoms with van der Waals surface area (Å²) in [5.41, 5.74) is 9.66. The summed E-state index contributed by atoms with van der Waals surface area (Å²) in [7, 11) is 1.67. The Kier molecular flexibility index (Phi) is 7.86. The minimum Gasteiger partial charge on any atom is -0.397 e. The summed E-state index contributed by atoms with van der Waals surface area (Å²) in [5.74, 6) is 1.34. The summed E-state index contributed by atoms with van der Waals surface area (Å²) in [6.07, 6.45) is 2.22. The lowest BCUT2D eigenvalue weighted by atomic mass is 10.1. The van der Waals surface area contributed by atoms with Crippen LogP contribution in [0.4, 0.5) is 0 Å². The third-order valence-corrected chi connectivity index (χ3v) is 5.69. The van der Waals surface area contributed by atoms with Crippen LogP contribution in [0.2, 0.25) is 0 Å². The molecule has 0 amide bonds. The van der Waals surface area contributed by atoms with Gasteiger partial charge in [0.05, 0.1) is 5.70 Å². The van der Waals surface area contributed by atoms with Crippen LogP contribution >= 0.6 is 11.6 Å². The van der Waals surface area contributed by atoms with Gasteiger partial charge in [-0.25, -0.2) is 0 Å². The summed E-state index contributed by atoms with van der Waals surface area (Å²) >= 11 is 6.37. The van der Waals surface area contributed by atoms with Gasteiger partial charge in [0.2, 0.25) is 0 Å². The molecule has 7 heteroatoms. The van der Waals surface area contributed by atoms with Crippen LogP contribution in [0.3, 0.4) is 0 Å². The zero-order valence-electron chi connectivity index (χ0n) is 17.2. The maximum absolute atomic E-state index is 6.37. The van der Waals surface area contributed by atoms with Gasteiger partial charge in [-0.05, 0) is 50.9 Å². The summed E-state index contributed by atoms with van der Waals surface area (Å²) in [6.45, 7) is 6.56. The molecule has 2 heterocycles. The number of nitrogens with zero attached hydrogens (tertiary/aromatic N) is 3. The Morgan fingerprint density at radius 3 is 2.86 bits per heavy atom. The maximum atomic E-state index is 6.37. The molecule has 1 atom stereocenters. The third-order valence-electron chi connectivity index (χ3n) is 5.29. The van der Waals surface area contributed by atoms with E-state index in [2.05, 4.69) is 50.7 Å². The first-order valence-corrected chi connectivity index (χ1v) is 10.5. The minimum atomic E-state index is 0.424. The van der Waals surface area contributed by atoms with E-state index >= 15 is 0 Å². The van der Waals surface area contributed by atoms with Gasteiger partial charge in [-0.15, -0.1) is 0 Å². The van der Waals surface area contributed by atoms with Crippen molar-refractivity contribution >= 4 is 22.5 Å². The predicted octanol–water partition coefficient (Wildman–Crippen LogP) is 3.07. The Morgan fingerprint density at radius 2 is 2.17 bits per heavy atom. The van der Waals surface area contributed by atoms with Crippen LogP contribution < -0.4 is 11.1 Å². The largest absolute Gasteiger partial charge is 0.397 e. The number of nitrogens with one attached hydrogen (secondary N) is 1. The van der Waals surface area contributed by atoms with Crippen LogP contribution in [0.1, 0.15) is 23.4 Å². The quantitative estimate of drug-likeness (QED) is 0.486. The molecular formula is C22H30ClN5O. The molecule has 1 fully saturated rings. The molecule has 0 aliphatic carbocycles. The molecule has 0 bridgehead atoms. The molecule has 1 aliphatic heterocycles. The number of aromatic nitrogens is 1. The Hall–Kier alpha value is -2.15. The lowest BCUT2D eigenvalue weighted by molar-refractivity contribution is 0.351. The summed E-state index contributed by atoms with van der Waals surface area (Å²) in [5, 5.41) is 8.04. The minimum absolute atomic E-state index is 0.424. The molecule has 6 nitrogen and oxygen atoms in total. The average Bonchev–Trinajstić information content (AvgIpc) is 3.38. The van der Waals surface area contributed by atoms with Gasteiger partial charge in [0, 0.05) is 31.8 Å². The number of hydrogen-bond donors (Lipinski definition) is 2. The van der Waals surface area contributed by atoms with Crippen LogP contribution in [-0.2, 0) is 6.42 Å². The summed E-state index contributed by atoms with van der Waals surface area (Å²) in [4.78, 5) is 6.52. The first-order chi connectivity index (χ1) is 14.1. The average molecular weight is 416 g/mol. The molecule has 156 valence electrons. The van der Waals surface area contributed by atoms with Crippen LogP contribution in [0.15, 0.2) is 51.5 Å². The first kappa shape index (κ1) is 21.6.